The summed E-state index contributed by atoms with van der Waals surface area (Å²) in [4.78, 5) is 12.1. The van der Waals surface area contributed by atoms with Crippen LogP contribution in [0.2, 0.25) is 0 Å². The standard InChI is InChI=1S/C16H19FN2O/c1-11-4-2-6-15(11)19-16(20)13-8-7-12(5-3-9-18)14(17)10-13/h7-8,10-11,15H,2,4,6,9,18H2,1H3,(H,19,20). The maximum atomic E-state index is 13.8. The SMILES string of the molecule is CC1CCCC1NC(=O)c1ccc(C#CCN)c(F)c1. The molecule has 0 aliphatic heterocycles. The fraction of sp³-hybridized carbons (Fsp3) is 0.438. The van der Waals surface area contributed by atoms with Gasteiger partial charge in [-0.1, -0.05) is 25.2 Å². The van der Waals surface area contributed by atoms with E-state index in [-0.39, 0.29) is 24.1 Å². The van der Waals surface area contributed by atoms with Gasteiger partial charge in [0.15, 0.2) is 0 Å². The smallest absolute Gasteiger partial charge is 0.251 e. The molecule has 1 fully saturated rings. The van der Waals surface area contributed by atoms with Gasteiger partial charge in [0.2, 0.25) is 0 Å². The average molecular weight is 274 g/mol. The summed E-state index contributed by atoms with van der Waals surface area (Å²) in [5.74, 6) is 5.01. The van der Waals surface area contributed by atoms with Crippen LogP contribution in [0.25, 0.3) is 0 Å². The molecule has 0 saturated heterocycles. The summed E-state index contributed by atoms with van der Waals surface area (Å²) in [6, 6.07) is 4.54. The fourth-order valence-electron chi connectivity index (χ4n) is 2.52. The Hall–Kier alpha value is -1.86. The molecule has 1 aliphatic carbocycles. The number of hydrogen-bond acceptors (Lipinski definition) is 2. The van der Waals surface area contributed by atoms with Crippen molar-refractivity contribution in [3.63, 3.8) is 0 Å². The molecule has 0 radical (unpaired) electrons. The summed E-state index contributed by atoms with van der Waals surface area (Å²) in [5, 5.41) is 2.97. The fourth-order valence-corrected chi connectivity index (χ4v) is 2.52. The molecule has 1 amide bonds. The molecular formula is C16H19FN2O. The number of halogens is 1. The highest BCUT2D eigenvalue weighted by Crippen LogP contribution is 2.25. The second kappa shape index (κ2) is 6.53. The third-order valence-electron chi connectivity index (χ3n) is 3.73. The summed E-state index contributed by atoms with van der Waals surface area (Å²) in [6.07, 6.45) is 3.26. The average Bonchev–Trinajstić information content (AvgIpc) is 2.83. The Labute approximate surface area is 118 Å². The molecule has 1 aliphatic rings. The number of benzene rings is 1. The van der Waals surface area contributed by atoms with Crippen molar-refractivity contribution in [2.75, 3.05) is 6.54 Å². The largest absolute Gasteiger partial charge is 0.349 e. The molecule has 0 bridgehead atoms. The van der Waals surface area contributed by atoms with Gasteiger partial charge in [-0.15, -0.1) is 0 Å². The molecular weight excluding hydrogens is 255 g/mol. The first-order chi connectivity index (χ1) is 9.61. The number of hydrogen-bond donors (Lipinski definition) is 2. The molecule has 1 saturated carbocycles. The predicted molar refractivity (Wildman–Crippen MR) is 76.6 cm³/mol. The van der Waals surface area contributed by atoms with E-state index < -0.39 is 5.82 Å². The third-order valence-corrected chi connectivity index (χ3v) is 3.73. The third kappa shape index (κ3) is 3.37. The van der Waals surface area contributed by atoms with Gasteiger partial charge in [-0.25, -0.2) is 4.39 Å². The Morgan fingerprint density at radius 3 is 2.90 bits per heavy atom. The van der Waals surface area contributed by atoms with Crippen molar-refractivity contribution < 1.29 is 9.18 Å². The molecule has 2 atom stereocenters. The van der Waals surface area contributed by atoms with Gasteiger partial charge in [-0.2, -0.15) is 0 Å². The quantitative estimate of drug-likeness (QED) is 0.811. The molecule has 0 aromatic heterocycles. The van der Waals surface area contributed by atoms with Crippen molar-refractivity contribution >= 4 is 5.91 Å². The van der Waals surface area contributed by atoms with Crippen molar-refractivity contribution in [3.05, 3.63) is 35.1 Å². The highest BCUT2D eigenvalue weighted by molar-refractivity contribution is 5.94. The summed E-state index contributed by atoms with van der Waals surface area (Å²) >= 11 is 0. The van der Waals surface area contributed by atoms with Crippen molar-refractivity contribution in [1.29, 1.82) is 0 Å². The molecule has 1 aromatic rings. The van der Waals surface area contributed by atoms with Crippen LogP contribution in [0, 0.1) is 23.6 Å². The molecule has 1 aromatic carbocycles. The molecule has 0 spiro atoms. The molecule has 2 rings (SSSR count). The zero-order valence-corrected chi connectivity index (χ0v) is 11.6. The zero-order chi connectivity index (χ0) is 14.5. The minimum atomic E-state index is -0.488. The topological polar surface area (TPSA) is 55.1 Å². The van der Waals surface area contributed by atoms with Crippen LogP contribution in [-0.2, 0) is 0 Å². The highest BCUT2D eigenvalue weighted by atomic mass is 19.1. The lowest BCUT2D eigenvalue weighted by molar-refractivity contribution is 0.0929. The van der Waals surface area contributed by atoms with Crippen LogP contribution in [0.5, 0.6) is 0 Å². The highest BCUT2D eigenvalue weighted by Gasteiger charge is 2.25. The maximum Gasteiger partial charge on any atom is 0.251 e. The van der Waals surface area contributed by atoms with Gasteiger partial charge in [-0.05, 0) is 37.0 Å². The normalized spacial score (nSPS) is 21.1. The van der Waals surface area contributed by atoms with Gasteiger partial charge in [0.1, 0.15) is 5.82 Å². The van der Waals surface area contributed by atoms with Crippen LogP contribution in [0.1, 0.15) is 42.1 Å². The van der Waals surface area contributed by atoms with Gasteiger partial charge in [0, 0.05) is 11.6 Å². The number of amides is 1. The first-order valence-electron chi connectivity index (χ1n) is 6.91. The van der Waals surface area contributed by atoms with Gasteiger partial charge in [-0.3, -0.25) is 4.79 Å². The molecule has 2 unspecified atom stereocenters. The Morgan fingerprint density at radius 1 is 1.50 bits per heavy atom. The van der Waals surface area contributed by atoms with E-state index in [9.17, 15) is 9.18 Å². The predicted octanol–water partition coefficient (Wildman–Crippen LogP) is 2.05. The van der Waals surface area contributed by atoms with Gasteiger partial charge >= 0.3 is 0 Å². The van der Waals surface area contributed by atoms with Crippen molar-refractivity contribution in [3.8, 4) is 11.8 Å². The molecule has 0 heterocycles. The molecule has 3 N–H and O–H groups in total. The van der Waals surface area contributed by atoms with Gasteiger partial charge in [0.05, 0.1) is 12.1 Å². The van der Waals surface area contributed by atoms with E-state index in [0.717, 1.165) is 19.3 Å². The van der Waals surface area contributed by atoms with Crippen molar-refractivity contribution in [2.45, 2.75) is 32.2 Å². The van der Waals surface area contributed by atoms with Crippen LogP contribution >= 0.6 is 0 Å². The van der Waals surface area contributed by atoms with E-state index in [4.69, 9.17) is 5.73 Å². The van der Waals surface area contributed by atoms with Crippen LogP contribution in [0.15, 0.2) is 18.2 Å². The Kier molecular flexibility index (Phi) is 4.75. The lowest BCUT2D eigenvalue weighted by atomic mass is 10.1. The van der Waals surface area contributed by atoms with E-state index in [1.807, 2.05) is 0 Å². The van der Waals surface area contributed by atoms with Crippen LogP contribution < -0.4 is 11.1 Å². The molecule has 20 heavy (non-hydrogen) atoms. The van der Waals surface area contributed by atoms with Gasteiger partial charge in [0.25, 0.3) is 5.91 Å². The van der Waals surface area contributed by atoms with E-state index in [0.29, 0.717) is 11.5 Å². The molecule has 4 heteroatoms. The number of carbonyl (C=O) groups excluding carboxylic acids is 1. The van der Waals surface area contributed by atoms with Crippen LogP contribution in [0.3, 0.4) is 0 Å². The summed E-state index contributed by atoms with van der Waals surface area (Å²) in [5.41, 5.74) is 5.85. The van der Waals surface area contributed by atoms with Crippen LogP contribution in [-0.4, -0.2) is 18.5 Å². The second-order valence-electron chi connectivity index (χ2n) is 5.19. The lowest BCUT2D eigenvalue weighted by Gasteiger charge is -2.17. The Balaban J connectivity index is 2.09. The minimum Gasteiger partial charge on any atom is -0.349 e. The summed E-state index contributed by atoms with van der Waals surface area (Å²) in [6.45, 7) is 2.31. The van der Waals surface area contributed by atoms with E-state index in [2.05, 4.69) is 24.1 Å². The summed E-state index contributed by atoms with van der Waals surface area (Å²) in [7, 11) is 0. The van der Waals surface area contributed by atoms with E-state index in [1.54, 1.807) is 6.07 Å². The van der Waals surface area contributed by atoms with Crippen molar-refractivity contribution in [2.24, 2.45) is 11.7 Å². The van der Waals surface area contributed by atoms with E-state index >= 15 is 0 Å². The lowest BCUT2D eigenvalue weighted by Crippen LogP contribution is -2.36. The van der Waals surface area contributed by atoms with E-state index in [1.165, 1.54) is 12.1 Å². The monoisotopic (exact) mass is 274 g/mol. The maximum absolute atomic E-state index is 13.8. The minimum absolute atomic E-state index is 0.182. The number of rotatable bonds is 2. The first-order valence-corrected chi connectivity index (χ1v) is 6.91. The number of nitrogens with two attached hydrogens (primary N) is 1. The molecule has 106 valence electrons. The van der Waals surface area contributed by atoms with Gasteiger partial charge < -0.3 is 11.1 Å². The Bertz CT molecular complexity index is 559. The molecule has 3 nitrogen and oxygen atoms in total. The first kappa shape index (κ1) is 14.5. The summed E-state index contributed by atoms with van der Waals surface area (Å²) < 4.78 is 13.8. The van der Waals surface area contributed by atoms with Crippen molar-refractivity contribution in [1.82, 2.24) is 5.32 Å². The van der Waals surface area contributed by atoms with Crippen LogP contribution in [0.4, 0.5) is 4.39 Å². The number of nitrogens with one attached hydrogen (secondary N) is 1. The number of carbonyl (C=O) groups is 1. The second-order valence-corrected chi connectivity index (χ2v) is 5.19. The zero-order valence-electron chi connectivity index (χ0n) is 11.6. The Morgan fingerprint density at radius 2 is 2.30 bits per heavy atom.